The van der Waals surface area contributed by atoms with Gasteiger partial charge in [0.05, 0.1) is 12.7 Å². The normalized spacial score (nSPS) is 29.9. The van der Waals surface area contributed by atoms with Gasteiger partial charge in [-0.15, -0.1) is 0 Å². The lowest BCUT2D eigenvalue weighted by Gasteiger charge is -2.33. The Hall–Kier alpha value is -0.570. The van der Waals surface area contributed by atoms with Crippen molar-refractivity contribution in [3.63, 3.8) is 0 Å². The molecular formula is C16H32O7. The van der Waals surface area contributed by atoms with Crippen molar-refractivity contribution in [1.82, 2.24) is 0 Å². The zero-order valence-electron chi connectivity index (χ0n) is 14.1. The molecule has 6 N–H and O–H groups in total. The highest BCUT2D eigenvalue weighted by molar-refractivity contribution is 5.56. The zero-order valence-corrected chi connectivity index (χ0v) is 14.1. The summed E-state index contributed by atoms with van der Waals surface area (Å²) in [6.07, 6.45) is -3.32. The van der Waals surface area contributed by atoms with Crippen molar-refractivity contribution in [2.75, 3.05) is 6.61 Å². The topological polar surface area (TPSA) is 138 Å². The minimum atomic E-state index is -1.79. The Kier molecular flexibility index (Phi) is 10.8. The van der Waals surface area contributed by atoms with Gasteiger partial charge in [-0.3, -0.25) is 0 Å². The predicted molar refractivity (Wildman–Crippen MR) is 84.5 cm³/mol. The first-order chi connectivity index (χ1) is 10.6. The Morgan fingerprint density at radius 1 is 1.09 bits per heavy atom. The number of carbonyl (C=O) groups is 1. The summed E-state index contributed by atoms with van der Waals surface area (Å²) in [4.78, 5) is 9.90. The molecule has 0 aromatic rings. The van der Waals surface area contributed by atoms with Gasteiger partial charge in [-0.2, -0.15) is 0 Å². The maximum atomic E-state index is 9.90. The van der Waals surface area contributed by atoms with Crippen LogP contribution < -0.4 is 0 Å². The van der Waals surface area contributed by atoms with E-state index in [9.17, 15) is 9.90 Å². The van der Waals surface area contributed by atoms with E-state index in [-0.39, 0.29) is 12.4 Å². The summed E-state index contributed by atoms with van der Waals surface area (Å²) in [5.74, 6) is 1.95. The van der Waals surface area contributed by atoms with Gasteiger partial charge >= 0.3 is 0 Å². The average Bonchev–Trinajstić information content (AvgIpc) is 2.51. The lowest BCUT2D eigenvalue weighted by atomic mass is 9.75. The van der Waals surface area contributed by atoms with Crippen LogP contribution >= 0.6 is 0 Å². The SMILES string of the molecule is CC1CCC(C(C)C)C(O)C1.O=CC(O)C(O)C(O)C(O)CO. The Labute approximate surface area is 137 Å². The molecule has 0 heterocycles. The van der Waals surface area contributed by atoms with Gasteiger partial charge in [0.25, 0.3) is 0 Å². The lowest BCUT2D eigenvalue weighted by molar-refractivity contribution is -0.136. The highest BCUT2D eigenvalue weighted by Gasteiger charge is 2.29. The summed E-state index contributed by atoms with van der Waals surface area (Å²) in [5.41, 5.74) is 0. The lowest BCUT2D eigenvalue weighted by Crippen LogP contribution is -2.46. The summed E-state index contributed by atoms with van der Waals surface area (Å²) in [6, 6.07) is 0. The van der Waals surface area contributed by atoms with Crippen LogP contribution in [-0.2, 0) is 4.79 Å². The van der Waals surface area contributed by atoms with Crippen molar-refractivity contribution in [2.24, 2.45) is 17.8 Å². The number of aliphatic hydroxyl groups excluding tert-OH is 6. The molecule has 0 saturated heterocycles. The first-order valence-electron chi connectivity index (χ1n) is 8.12. The van der Waals surface area contributed by atoms with E-state index in [0.29, 0.717) is 11.8 Å². The minimum Gasteiger partial charge on any atom is -0.394 e. The third-order valence-corrected chi connectivity index (χ3v) is 4.41. The van der Waals surface area contributed by atoms with Crippen LogP contribution in [0.15, 0.2) is 0 Å². The first kappa shape index (κ1) is 22.4. The van der Waals surface area contributed by atoms with Gasteiger partial charge in [-0.05, 0) is 30.6 Å². The van der Waals surface area contributed by atoms with Gasteiger partial charge in [0.15, 0.2) is 6.29 Å². The van der Waals surface area contributed by atoms with Crippen molar-refractivity contribution in [3.05, 3.63) is 0 Å². The molecule has 1 aliphatic rings. The van der Waals surface area contributed by atoms with Crippen LogP contribution in [0.2, 0.25) is 0 Å². The van der Waals surface area contributed by atoms with Gasteiger partial charge in [0, 0.05) is 0 Å². The third-order valence-electron chi connectivity index (χ3n) is 4.41. The van der Waals surface area contributed by atoms with E-state index in [2.05, 4.69) is 20.8 Å². The second-order valence-corrected chi connectivity index (χ2v) is 6.75. The summed E-state index contributed by atoms with van der Waals surface area (Å²) in [7, 11) is 0. The summed E-state index contributed by atoms with van der Waals surface area (Å²) in [5, 5.41) is 53.2. The van der Waals surface area contributed by atoms with Crippen molar-refractivity contribution in [1.29, 1.82) is 0 Å². The summed E-state index contributed by atoms with van der Waals surface area (Å²) in [6.45, 7) is 5.90. The molecule has 138 valence electrons. The standard InChI is InChI=1S/C10H20O.C6H12O6/c1-7(2)9-5-4-8(3)6-10(9)11;7-1-3(9)5(11)6(12)4(10)2-8/h7-11H,4-6H2,1-3H3;1,3-6,8-12H,2H2. The van der Waals surface area contributed by atoms with E-state index < -0.39 is 31.0 Å². The molecular weight excluding hydrogens is 304 g/mol. The Morgan fingerprint density at radius 2 is 1.65 bits per heavy atom. The maximum absolute atomic E-state index is 9.90. The van der Waals surface area contributed by atoms with Crippen molar-refractivity contribution in [3.8, 4) is 0 Å². The van der Waals surface area contributed by atoms with Crippen molar-refractivity contribution < 1.29 is 35.4 Å². The van der Waals surface area contributed by atoms with Crippen LogP contribution in [0, 0.1) is 17.8 Å². The van der Waals surface area contributed by atoms with E-state index in [1.807, 2.05) is 0 Å². The molecule has 1 aliphatic carbocycles. The van der Waals surface area contributed by atoms with Crippen LogP contribution in [0.1, 0.15) is 40.0 Å². The first-order valence-corrected chi connectivity index (χ1v) is 8.12. The Morgan fingerprint density at radius 3 is 2.04 bits per heavy atom. The average molecular weight is 336 g/mol. The van der Waals surface area contributed by atoms with Crippen LogP contribution in [0.3, 0.4) is 0 Å². The van der Waals surface area contributed by atoms with E-state index in [1.165, 1.54) is 12.8 Å². The Bertz CT molecular complexity index is 324. The second kappa shape index (κ2) is 11.1. The molecule has 0 radical (unpaired) electrons. The van der Waals surface area contributed by atoms with Gasteiger partial charge in [-0.1, -0.05) is 27.2 Å². The summed E-state index contributed by atoms with van der Waals surface area (Å²) < 4.78 is 0. The molecule has 7 unspecified atom stereocenters. The van der Waals surface area contributed by atoms with E-state index in [0.717, 1.165) is 12.3 Å². The number of rotatable bonds is 6. The van der Waals surface area contributed by atoms with Gasteiger partial charge in [-0.25, -0.2) is 0 Å². The van der Waals surface area contributed by atoms with Gasteiger partial charge < -0.3 is 35.4 Å². The van der Waals surface area contributed by atoms with Gasteiger partial charge in [0.2, 0.25) is 0 Å². The molecule has 7 nitrogen and oxygen atoms in total. The molecule has 0 aromatic carbocycles. The fourth-order valence-electron chi connectivity index (χ4n) is 2.77. The smallest absolute Gasteiger partial charge is 0.151 e. The molecule has 0 spiro atoms. The highest BCUT2D eigenvalue weighted by atomic mass is 16.4. The zero-order chi connectivity index (χ0) is 18.2. The second-order valence-electron chi connectivity index (χ2n) is 6.75. The molecule has 23 heavy (non-hydrogen) atoms. The van der Waals surface area contributed by atoms with E-state index in [4.69, 9.17) is 25.5 Å². The third kappa shape index (κ3) is 7.69. The molecule has 0 aromatic heterocycles. The minimum absolute atomic E-state index is 0.0258. The molecule has 1 rings (SSSR count). The molecule has 0 bridgehead atoms. The fourth-order valence-corrected chi connectivity index (χ4v) is 2.77. The van der Waals surface area contributed by atoms with Gasteiger partial charge in [0.1, 0.15) is 24.4 Å². The summed E-state index contributed by atoms with van der Waals surface area (Å²) >= 11 is 0. The van der Waals surface area contributed by atoms with Crippen molar-refractivity contribution >= 4 is 6.29 Å². The van der Waals surface area contributed by atoms with Crippen LogP contribution in [0.4, 0.5) is 0 Å². The molecule has 0 aliphatic heterocycles. The number of aldehydes is 1. The van der Waals surface area contributed by atoms with Crippen LogP contribution in [-0.4, -0.2) is 74.1 Å². The maximum Gasteiger partial charge on any atom is 0.151 e. The van der Waals surface area contributed by atoms with E-state index in [1.54, 1.807) is 0 Å². The highest BCUT2D eigenvalue weighted by Crippen LogP contribution is 2.33. The Balaban J connectivity index is 0.000000422. The van der Waals surface area contributed by atoms with Crippen molar-refractivity contribution in [2.45, 2.75) is 70.6 Å². The molecule has 1 fully saturated rings. The predicted octanol–water partition coefficient (Wildman–Crippen LogP) is -0.939. The number of hydrogen-bond donors (Lipinski definition) is 6. The monoisotopic (exact) mass is 336 g/mol. The largest absolute Gasteiger partial charge is 0.394 e. The van der Waals surface area contributed by atoms with Crippen LogP contribution in [0.5, 0.6) is 0 Å². The molecule has 1 saturated carbocycles. The van der Waals surface area contributed by atoms with Crippen LogP contribution in [0.25, 0.3) is 0 Å². The number of hydrogen-bond acceptors (Lipinski definition) is 7. The molecule has 0 amide bonds. The quantitative estimate of drug-likeness (QED) is 0.344. The fraction of sp³-hybridized carbons (Fsp3) is 0.938. The number of aliphatic hydroxyl groups is 6. The number of carbonyl (C=O) groups excluding carboxylic acids is 1. The molecule has 7 atom stereocenters. The van der Waals surface area contributed by atoms with E-state index >= 15 is 0 Å². The molecule has 7 heteroatoms.